The fraction of sp³-hybridized carbons (Fsp3) is 0. The Morgan fingerprint density at radius 1 is 1.36 bits per heavy atom. The number of nitro groups is 1. The van der Waals surface area contributed by atoms with Crippen LogP contribution in [0.5, 0.6) is 0 Å². The molecule has 1 aromatic carbocycles. The number of hydrogen-bond donors (Lipinski definition) is 3. The summed E-state index contributed by atoms with van der Waals surface area (Å²) in [4.78, 5) is 18.9. The van der Waals surface area contributed by atoms with E-state index in [9.17, 15) is 14.9 Å². The number of primary amides is 1. The number of nitrogens with one attached hydrogen (secondary N) is 1. The summed E-state index contributed by atoms with van der Waals surface area (Å²) in [5, 5.41) is 10.0. The number of hydrazine groups is 1. The lowest BCUT2D eigenvalue weighted by Crippen LogP contribution is -2.34. The van der Waals surface area contributed by atoms with Crippen LogP contribution < -0.4 is 17.0 Å². The molecule has 0 saturated heterocycles. The first-order chi connectivity index (χ1) is 6.57. The van der Waals surface area contributed by atoms with Gasteiger partial charge in [-0.2, -0.15) is 0 Å². The third-order valence-electron chi connectivity index (χ3n) is 1.11. The number of nitrogens with two attached hydrogens (primary N) is 2. The van der Waals surface area contributed by atoms with Gasteiger partial charge in [-0.1, -0.05) is 18.2 Å². The highest BCUT2D eigenvalue weighted by Gasteiger charge is 1.98. The number of carbonyl (C=O) groups is 1. The van der Waals surface area contributed by atoms with Crippen molar-refractivity contribution in [2.75, 3.05) is 0 Å². The van der Waals surface area contributed by atoms with E-state index in [4.69, 9.17) is 0 Å². The highest BCUT2D eigenvalue weighted by Crippen LogP contribution is 2.06. The van der Waals surface area contributed by atoms with Gasteiger partial charge in [-0.05, 0) is 0 Å². The quantitative estimate of drug-likeness (QED) is 0.256. The van der Waals surface area contributed by atoms with E-state index in [0.717, 1.165) is 0 Å². The number of amides is 2. The zero-order valence-corrected chi connectivity index (χ0v) is 7.21. The molecule has 5 N–H and O–H groups in total. The molecule has 0 saturated carbocycles. The maximum absolute atomic E-state index is 10.0. The summed E-state index contributed by atoms with van der Waals surface area (Å²) in [5.41, 5.74) is 6.22. The first-order valence-electron chi connectivity index (χ1n) is 3.53. The minimum atomic E-state index is -0.718. The number of benzene rings is 1. The van der Waals surface area contributed by atoms with Gasteiger partial charge in [0.15, 0.2) is 0 Å². The predicted octanol–water partition coefficient (Wildman–Crippen LogP) is 0.123. The molecule has 0 atom stereocenters. The molecule has 1 aromatic rings. The monoisotopic (exact) mass is 198 g/mol. The summed E-state index contributed by atoms with van der Waals surface area (Å²) in [7, 11) is 0. The summed E-state index contributed by atoms with van der Waals surface area (Å²) >= 11 is 0. The predicted molar refractivity (Wildman–Crippen MR) is 50.0 cm³/mol. The molecule has 0 heterocycles. The molecule has 0 unspecified atom stereocenters. The van der Waals surface area contributed by atoms with Crippen molar-refractivity contribution in [2.24, 2.45) is 11.6 Å². The van der Waals surface area contributed by atoms with E-state index in [0.29, 0.717) is 0 Å². The Morgan fingerprint density at radius 2 is 1.79 bits per heavy atom. The molecule has 0 aliphatic rings. The minimum absolute atomic E-state index is 0.137. The third-order valence-corrected chi connectivity index (χ3v) is 1.11. The van der Waals surface area contributed by atoms with Gasteiger partial charge in [0.25, 0.3) is 5.69 Å². The number of non-ortho nitro benzene ring substituents is 1. The third kappa shape index (κ3) is 5.49. The molecule has 0 fully saturated rings. The second-order valence-corrected chi connectivity index (χ2v) is 2.10. The van der Waals surface area contributed by atoms with Gasteiger partial charge in [-0.15, -0.1) is 0 Å². The summed E-state index contributed by atoms with van der Waals surface area (Å²) in [5.74, 6) is 4.45. The van der Waals surface area contributed by atoms with Crippen LogP contribution in [0.2, 0.25) is 0 Å². The molecule has 14 heavy (non-hydrogen) atoms. The van der Waals surface area contributed by atoms with E-state index in [1.807, 2.05) is 0 Å². The minimum Gasteiger partial charge on any atom is -0.351 e. The Labute approximate surface area is 79.8 Å². The van der Waals surface area contributed by atoms with E-state index in [1.165, 1.54) is 12.1 Å². The van der Waals surface area contributed by atoms with Gasteiger partial charge in [-0.25, -0.2) is 10.6 Å². The van der Waals surface area contributed by atoms with E-state index in [2.05, 4.69) is 11.6 Å². The maximum Gasteiger partial charge on any atom is 0.326 e. The van der Waals surface area contributed by atoms with Crippen LogP contribution in [0.4, 0.5) is 10.5 Å². The topological polar surface area (TPSA) is 124 Å². The fourth-order valence-electron chi connectivity index (χ4n) is 0.550. The van der Waals surface area contributed by atoms with Gasteiger partial charge >= 0.3 is 6.03 Å². The van der Waals surface area contributed by atoms with E-state index < -0.39 is 11.0 Å². The summed E-state index contributed by atoms with van der Waals surface area (Å²) in [6.07, 6.45) is 0. The molecule has 7 heteroatoms. The van der Waals surface area contributed by atoms with Crippen LogP contribution in [0.25, 0.3) is 0 Å². The van der Waals surface area contributed by atoms with Crippen LogP contribution in [0, 0.1) is 10.1 Å². The molecule has 0 aromatic heterocycles. The Balaban J connectivity index is 0.000000292. The lowest BCUT2D eigenvalue weighted by Gasteiger charge is -1.85. The van der Waals surface area contributed by atoms with Crippen molar-refractivity contribution in [2.45, 2.75) is 0 Å². The average molecular weight is 198 g/mol. The number of carbonyl (C=O) groups excluding carboxylic acids is 1. The van der Waals surface area contributed by atoms with Crippen LogP contribution >= 0.6 is 0 Å². The average Bonchev–Trinajstić information content (AvgIpc) is 2.20. The van der Waals surface area contributed by atoms with Crippen molar-refractivity contribution in [3.05, 3.63) is 40.4 Å². The van der Waals surface area contributed by atoms with Crippen LogP contribution in [0.1, 0.15) is 0 Å². The fourth-order valence-corrected chi connectivity index (χ4v) is 0.550. The SMILES string of the molecule is NNC(N)=O.O=[N+]([O-])c1ccccc1. The highest BCUT2D eigenvalue weighted by molar-refractivity contribution is 5.70. The number of nitrogens with zero attached hydrogens (tertiary/aromatic N) is 1. The molecule has 0 aliphatic carbocycles. The zero-order valence-electron chi connectivity index (χ0n) is 7.21. The normalized spacial score (nSPS) is 8.07. The Hall–Kier alpha value is -2.15. The van der Waals surface area contributed by atoms with E-state index in [-0.39, 0.29) is 5.69 Å². The van der Waals surface area contributed by atoms with E-state index >= 15 is 0 Å². The van der Waals surface area contributed by atoms with Gasteiger partial charge in [0.2, 0.25) is 0 Å². The van der Waals surface area contributed by atoms with Crippen LogP contribution in [-0.4, -0.2) is 11.0 Å². The number of hydrogen-bond acceptors (Lipinski definition) is 4. The largest absolute Gasteiger partial charge is 0.351 e. The first kappa shape index (κ1) is 11.8. The smallest absolute Gasteiger partial charge is 0.326 e. The second-order valence-electron chi connectivity index (χ2n) is 2.10. The second kappa shape index (κ2) is 6.38. The van der Waals surface area contributed by atoms with E-state index in [1.54, 1.807) is 23.6 Å². The van der Waals surface area contributed by atoms with Gasteiger partial charge in [-0.3, -0.25) is 15.5 Å². The van der Waals surface area contributed by atoms with Crippen molar-refractivity contribution in [3.63, 3.8) is 0 Å². The number of nitro benzene ring substituents is 1. The van der Waals surface area contributed by atoms with Gasteiger partial charge in [0, 0.05) is 12.1 Å². The van der Waals surface area contributed by atoms with Gasteiger partial charge < -0.3 is 5.73 Å². The van der Waals surface area contributed by atoms with Crippen LogP contribution in [0.15, 0.2) is 30.3 Å². The van der Waals surface area contributed by atoms with Crippen molar-refractivity contribution < 1.29 is 9.72 Å². The lowest BCUT2D eigenvalue weighted by molar-refractivity contribution is -0.384. The first-order valence-corrected chi connectivity index (χ1v) is 3.53. The standard InChI is InChI=1S/C6H5NO2.CH5N3O/c8-7(9)6-4-2-1-3-5-6;2-1(5)4-3/h1-5H;3H2,(H3,2,4,5). The lowest BCUT2D eigenvalue weighted by atomic mass is 10.3. The maximum atomic E-state index is 10.0. The van der Waals surface area contributed by atoms with Crippen molar-refractivity contribution in [1.82, 2.24) is 5.43 Å². The molecule has 2 amide bonds. The molecule has 0 spiro atoms. The highest BCUT2D eigenvalue weighted by atomic mass is 16.6. The number of urea groups is 1. The van der Waals surface area contributed by atoms with Crippen molar-refractivity contribution in [1.29, 1.82) is 0 Å². The molecular weight excluding hydrogens is 188 g/mol. The molecule has 0 radical (unpaired) electrons. The molecule has 1 rings (SSSR count). The molecule has 0 bridgehead atoms. The van der Waals surface area contributed by atoms with Gasteiger partial charge in [0.05, 0.1) is 4.92 Å². The summed E-state index contributed by atoms with van der Waals surface area (Å²) in [6, 6.07) is 7.22. The molecule has 0 aliphatic heterocycles. The Kier molecular flexibility index (Phi) is 5.40. The van der Waals surface area contributed by atoms with Crippen molar-refractivity contribution >= 4 is 11.7 Å². The Bertz CT molecular complexity index is 301. The number of para-hydroxylation sites is 1. The van der Waals surface area contributed by atoms with Crippen LogP contribution in [0.3, 0.4) is 0 Å². The van der Waals surface area contributed by atoms with Gasteiger partial charge in [0.1, 0.15) is 0 Å². The zero-order chi connectivity index (χ0) is 11.0. The Morgan fingerprint density at radius 3 is 2.00 bits per heavy atom. The molecule has 7 nitrogen and oxygen atoms in total. The molecular formula is C7H10N4O3. The summed E-state index contributed by atoms with van der Waals surface area (Å²) < 4.78 is 0. The summed E-state index contributed by atoms with van der Waals surface area (Å²) in [6.45, 7) is 0. The number of rotatable bonds is 1. The van der Waals surface area contributed by atoms with Crippen molar-refractivity contribution in [3.8, 4) is 0 Å². The molecule has 76 valence electrons. The van der Waals surface area contributed by atoms with Crippen LogP contribution in [-0.2, 0) is 0 Å².